The van der Waals surface area contributed by atoms with Gasteiger partial charge >= 0.3 is 5.63 Å². The van der Waals surface area contributed by atoms with Gasteiger partial charge in [0.1, 0.15) is 12.0 Å². The van der Waals surface area contributed by atoms with Crippen molar-refractivity contribution >= 4 is 10.8 Å². The Hall–Kier alpha value is -1.65. The monoisotopic (exact) mass is 273 g/mol. The summed E-state index contributed by atoms with van der Waals surface area (Å²) in [6, 6.07) is 7.61. The fraction of sp³-hybridized carbons (Fsp3) is 0.438. The molecule has 2 aromatic rings. The summed E-state index contributed by atoms with van der Waals surface area (Å²) in [5.74, 6) is 0.691. The maximum Gasteiger partial charge on any atom is 0.343 e. The Kier molecular flexibility index (Phi) is 3.59. The number of aliphatic hydroxyl groups is 1. The summed E-state index contributed by atoms with van der Waals surface area (Å²) >= 11 is 0. The molecule has 0 saturated carbocycles. The summed E-state index contributed by atoms with van der Waals surface area (Å²) in [6.07, 6.45) is 2.17. The number of benzene rings is 1. The van der Waals surface area contributed by atoms with E-state index in [9.17, 15) is 9.90 Å². The first kappa shape index (κ1) is 13.3. The van der Waals surface area contributed by atoms with Gasteiger partial charge in [0.2, 0.25) is 0 Å². The third-order valence-electron chi connectivity index (χ3n) is 4.05. The quantitative estimate of drug-likeness (QED) is 0.930. The lowest BCUT2D eigenvalue weighted by atomic mass is 10.1. The molecule has 1 aromatic carbocycles. The van der Waals surface area contributed by atoms with Crippen molar-refractivity contribution in [2.75, 3.05) is 13.1 Å². The summed E-state index contributed by atoms with van der Waals surface area (Å²) in [4.78, 5) is 14.0. The highest BCUT2D eigenvalue weighted by atomic mass is 16.4. The molecule has 4 nitrogen and oxygen atoms in total. The maximum atomic E-state index is 12.0. The molecular formula is C16H19NO3. The molecule has 1 aliphatic heterocycles. The molecule has 1 aliphatic rings. The van der Waals surface area contributed by atoms with Crippen LogP contribution in [0.1, 0.15) is 24.2 Å². The van der Waals surface area contributed by atoms with Crippen LogP contribution in [0.3, 0.4) is 0 Å². The Bertz CT molecular complexity index is 677. The fourth-order valence-electron chi connectivity index (χ4n) is 2.86. The summed E-state index contributed by atoms with van der Waals surface area (Å²) in [7, 11) is 0. The van der Waals surface area contributed by atoms with Crippen molar-refractivity contribution in [2.24, 2.45) is 0 Å². The predicted molar refractivity (Wildman–Crippen MR) is 77.7 cm³/mol. The molecule has 0 amide bonds. The Balaban J connectivity index is 1.85. The van der Waals surface area contributed by atoms with Crippen molar-refractivity contribution in [3.05, 3.63) is 46.0 Å². The minimum atomic E-state index is -0.344. The first-order valence-electron chi connectivity index (χ1n) is 7.09. The Morgan fingerprint density at radius 1 is 1.40 bits per heavy atom. The zero-order chi connectivity index (χ0) is 14.1. The van der Waals surface area contributed by atoms with E-state index in [4.69, 9.17) is 4.42 Å². The molecule has 1 fully saturated rings. The van der Waals surface area contributed by atoms with Gasteiger partial charge in [0, 0.05) is 19.5 Å². The molecular weight excluding hydrogens is 254 g/mol. The summed E-state index contributed by atoms with van der Waals surface area (Å²) in [5, 5.41) is 11.4. The molecule has 1 saturated heterocycles. The van der Waals surface area contributed by atoms with Gasteiger partial charge < -0.3 is 9.52 Å². The lowest BCUT2D eigenvalue weighted by Gasteiger charge is -2.19. The number of hydrogen-bond acceptors (Lipinski definition) is 4. The van der Waals surface area contributed by atoms with E-state index in [1.807, 2.05) is 30.0 Å². The number of nitrogens with zero attached hydrogens (tertiary/aromatic N) is 1. The van der Waals surface area contributed by atoms with Gasteiger partial charge in [0.05, 0.1) is 5.39 Å². The summed E-state index contributed by atoms with van der Waals surface area (Å²) < 4.78 is 5.38. The van der Waals surface area contributed by atoms with Crippen LogP contribution >= 0.6 is 0 Å². The summed E-state index contributed by atoms with van der Waals surface area (Å²) in [6.45, 7) is 3.63. The molecule has 3 rings (SSSR count). The Morgan fingerprint density at radius 3 is 3.00 bits per heavy atom. The minimum absolute atomic E-state index is 0.275. The lowest BCUT2D eigenvalue weighted by Crippen LogP contribution is -2.31. The van der Waals surface area contributed by atoms with Gasteiger partial charge in [-0.05, 0) is 42.8 Å². The van der Waals surface area contributed by atoms with Crippen LogP contribution in [0.5, 0.6) is 0 Å². The third kappa shape index (κ3) is 2.49. The fourth-order valence-corrected chi connectivity index (χ4v) is 2.86. The maximum absolute atomic E-state index is 12.0. The predicted octanol–water partition coefficient (Wildman–Crippen LogP) is 2.06. The van der Waals surface area contributed by atoms with Crippen molar-refractivity contribution < 1.29 is 9.52 Å². The van der Waals surface area contributed by atoms with Crippen LogP contribution in [-0.4, -0.2) is 29.3 Å². The first-order valence-corrected chi connectivity index (χ1v) is 7.09. The molecule has 0 bridgehead atoms. The van der Waals surface area contributed by atoms with Crippen LogP contribution in [0.25, 0.3) is 10.8 Å². The van der Waals surface area contributed by atoms with Gasteiger partial charge in [-0.1, -0.05) is 12.1 Å². The van der Waals surface area contributed by atoms with Gasteiger partial charge in [-0.15, -0.1) is 0 Å². The second kappa shape index (κ2) is 5.38. The van der Waals surface area contributed by atoms with E-state index in [1.54, 1.807) is 6.07 Å². The molecule has 1 atom stereocenters. The van der Waals surface area contributed by atoms with Crippen molar-refractivity contribution in [1.29, 1.82) is 0 Å². The molecule has 0 spiro atoms. The molecule has 0 unspecified atom stereocenters. The van der Waals surface area contributed by atoms with Crippen molar-refractivity contribution in [2.45, 2.75) is 32.4 Å². The largest absolute Gasteiger partial charge is 0.427 e. The second-order valence-electron chi connectivity index (χ2n) is 5.45. The number of rotatable bonds is 3. The van der Waals surface area contributed by atoms with Crippen LogP contribution < -0.4 is 5.63 Å². The number of aryl methyl sites for hydroxylation is 1. The van der Waals surface area contributed by atoms with E-state index in [0.29, 0.717) is 17.6 Å². The van der Waals surface area contributed by atoms with Gasteiger partial charge in [-0.3, -0.25) is 4.90 Å². The van der Waals surface area contributed by atoms with Crippen molar-refractivity contribution in [3.8, 4) is 0 Å². The second-order valence-corrected chi connectivity index (χ2v) is 5.45. The smallest absolute Gasteiger partial charge is 0.343 e. The number of fused-ring (bicyclic) bond motifs is 1. The van der Waals surface area contributed by atoms with E-state index in [0.717, 1.165) is 36.9 Å². The Morgan fingerprint density at radius 2 is 2.25 bits per heavy atom. The highest BCUT2D eigenvalue weighted by Gasteiger charge is 2.21. The third-order valence-corrected chi connectivity index (χ3v) is 4.05. The van der Waals surface area contributed by atoms with Crippen molar-refractivity contribution in [3.63, 3.8) is 0 Å². The molecule has 106 valence electrons. The van der Waals surface area contributed by atoms with E-state index in [1.165, 1.54) is 0 Å². The van der Waals surface area contributed by atoms with E-state index in [-0.39, 0.29) is 11.9 Å². The molecule has 20 heavy (non-hydrogen) atoms. The zero-order valence-electron chi connectivity index (χ0n) is 11.6. The van der Waals surface area contributed by atoms with Gasteiger partial charge in [-0.2, -0.15) is 0 Å². The normalized spacial score (nSPS) is 19.8. The minimum Gasteiger partial charge on any atom is -0.427 e. The molecule has 2 heterocycles. The highest BCUT2D eigenvalue weighted by Crippen LogP contribution is 2.18. The van der Waals surface area contributed by atoms with Crippen LogP contribution in [0.2, 0.25) is 0 Å². The van der Waals surface area contributed by atoms with Gasteiger partial charge in [0.25, 0.3) is 0 Å². The van der Waals surface area contributed by atoms with E-state index >= 15 is 0 Å². The van der Waals surface area contributed by atoms with Gasteiger partial charge in [0.15, 0.2) is 0 Å². The molecule has 4 heteroatoms. The van der Waals surface area contributed by atoms with E-state index in [2.05, 4.69) is 0 Å². The Labute approximate surface area is 117 Å². The van der Waals surface area contributed by atoms with Crippen molar-refractivity contribution in [1.82, 2.24) is 4.90 Å². The molecule has 0 aliphatic carbocycles. The van der Waals surface area contributed by atoms with E-state index < -0.39 is 0 Å². The number of likely N-dealkylation sites (tertiary alicyclic amines) is 1. The SMILES string of the molecule is Cc1cccc2c(=O)oc(CCN3CCC[C@@H]3O)cc12. The standard InChI is InChI=1S/C16H19NO3/c1-11-4-2-5-13-14(11)10-12(20-16(13)19)7-9-17-8-3-6-15(17)18/h2,4-5,10,15,18H,3,6-9H2,1H3/t15-/m0/s1. The average Bonchev–Trinajstić information content (AvgIpc) is 2.83. The average molecular weight is 273 g/mol. The molecule has 1 N–H and O–H groups in total. The topological polar surface area (TPSA) is 53.7 Å². The van der Waals surface area contributed by atoms with Crippen LogP contribution in [0.4, 0.5) is 0 Å². The lowest BCUT2D eigenvalue weighted by molar-refractivity contribution is 0.0383. The number of hydrogen-bond donors (Lipinski definition) is 1. The molecule has 0 radical (unpaired) electrons. The molecule has 1 aromatic heterocycles. The van der Waals surface area contributed by atoms with Gasteiger partial charge in [-0.25, -0.2) is 4.79 Å². The number of aliphatic hydroxyl groups excluding tert-OH is 1. The highest BCUT2D eigenvalue weighted by molar-refractivity contribution is 5.84. The van der Waals surface area contributed by atoms with Crippen LogP contribution in [0.15, 0.2) is 33.5 Å². The van der Waals surface area contributed by atoms with Crippen LogP contribution in [-0.2, 0) is 6.42 Å². The summed E-state index contributed by atoms with van der Waals surface area (Å²) in [5.41, 5.74) is 0.807. The van der Waals surface area contributed by atoms with Crippen LogP contribution in [0, 0.1) is 6.92 Å². The first-order chi connectivity index (χ1) is 9.65. The zero-order valence-corrected chi connectivity index (χ0v) is 11.6.